The molecule has 0 bridgehead atoms. The van der Waals surface area contributed by atoms with Gasteiger partial charge < -0.3 is 14.8 Å². The SMILES string of the molecule is CC(C)(C)[C@]1(c2nc3c([nH]2)CCc2c-3ccc3c2OCc2cc(Cl)ccc2-3)CCCN1C(=O)O. The van der Waals surface area contributed by atoms with Crippen molar-refractivity contribution in [3.05, 3.63) is 58.0 Å². The number of H-pyrrole nitrogens is 1. The fourth-order valence-corrected chi connectivity index (χ4v) is 6.48. The van der Waals surface area contributed by atoms with Gasteiger partial charge in [-0.25, -0.2) is 9.78 Å². The highest BCUT2D eigenvalue weighted by atomic mass is 35.5. The summed E-state index contributed by atoms with van der Waals surface area (Å²) >= 11 is 6.20. The molecule has 1 aliphatic carbocycles. The van der Waals surface area contributed by atoms with E-state index in [-0.39, 0.29) is 5.41 Å². The molecule has 2 aromatic carbocycles. The van der Waals surface area contributed by atoms with Crippen LogP contribution in [0.4, 0.5) is 4.79 Å². The first-order chi connectivity index (χ1) is 16.2. The van der Waals surface area contributed by atoms with Crippen molar-refractivity contribution in [2.24, 2.45) is 5.41 Å². The Morgan fingerprint density at radius 2 is 1.94 bits per heavy atom. The highest BCUT2D eigenvalue weighted by molar-refractivity contribution is 6.30. The van der Waals surface area contributed by atoms with Crippen LogP contribution in [0.5, 0.6) is 5.75 Å². The number of likely N-dealkylation sites (tertiary alicyclic amines) is 1. The van der Waals surface area contributed by atoms with Crippen molar-refractivity contribution in [1.29, 1.82) is 0 Å². The van der Waals surface area contributed by atoms with Crippen molar-refractivity contribution in [1.82, 2.24) is 14.9 Å². The number of carboxylic acid groups (broad SMARTS) is 1. The third-order valence-corrected chi connectivity index (χ3v) is 8.13. The van der Waals surface area contributed by atoms with Gasteiger partial charge in [-0.05, 0) is 60.4 Å². The molecular weight excluding hydrogens is 450 g/mol. The molecule has 1 atom stereocenters. The highest BCUT2D eigenvalue weighted by Crippen LogP contribution is 2.52. The molecule has 6 nitrogen and oxygen atoms in total. The molecule has 0 unspecified atom stereocenters. The Bertz CT molecular complexity index is 1340. The van der Waals surface area contributed by atoms with Gasteiger partial charge in [0.05, 0.1) is 5.69 Å². The zero-order valence-electron chi connectivity index (χ0n) is 19.7. The molecule has 0 radical (unpaired) electrons. The molecule has 1 saturated heterocycles. The minimum absolute atomic E-state index is 0.310. The number of hydrogen-bond donors (Lipinski definition) is 2. The van der Waals surface area contributed by atoms with E-state index in [1.807, 2.05) is 12.1 Å². The minimum Gasteiger partial charge on any atom is -0.488 e. The summed E-state index contributed by atoms with van der Waals surface area (Å²) in [6.07, 6.45) is 2.37. The maximum absolute atomic E-state index is 12.2. The van der Waals surface area contributed by atoms with Gasteiger partial charge in [0, 0.05) is 34.0 Å². The number of aryl methyl sites for hydroxylation is 1. The largest absolute Gasteiger partial charge is 0.488 e. The second kappa shape index (κ2) is 7.25. The summed E-state index contributed by atoms with van der Waals surface area (Å²) in [5.74, 6) is 1.69. The maximum Gasteiger partial charge on any atom is 0.408 e. The molecule has 1 aromatic heterocycles. The van der Waals surface area contributed by atoms with Crippen molar-refractivity contribution in [2.75, 3.05) is 6.54 Å². The van der Waals surface area contributed by atoms with E-state index in [2.05, 4.69) is 44.0 Å². The van der Waals surface area contributed by atoms with E-state index in [1.165, 1.54) is 5.56 Å². The van der Waals surface area contributed by atoms with Crippen LogP contribution in [0.25, 0.3) is 22.4 Å². The van der Waals surface area contributed by atoms with Crippen LogP contribution in [0, 0.1) is 5.41 Å². The van der Waals surface area contributed by atoms with Crippen LogP contribution < -0.4 is 4.74 Å². The van der Waals surface area contributed by atoms with E-state index in [1.54, 1.807) is 4.90 Å². The van der Waals surface area contributed by atoms with Crippen molar-refractivity contribution < 1.29 is 14.6 Å². The zero-order chi connectivity index (χ0) is 23.8. The molecule has 7 heteroatoms. The molecule has 2 aliphatic heterocycles. The Kier molecular flexibility index (Phi) is 4.59. The number of fused-ring (bicyclic) bond motifs is 7. The molecule has 3 aromatic rings. The van der Waals surface area contributed by atoms with Crippen LogP contribution in [0.3, 0.4) is 0 Å². The van der Waals surface area contributed by atoms with E-state index in [0.29, 0.717) is 18.2 Å². The average molecular weight is 478 g/mol. The van der Waals surface area contributed by atoms with Crippen LogP contribution in [-0.4, -0.2) is 32.6 Å². The molecule has 3 aliphatic rings. The molecular formula is C27H28ClN3O3. The highest BCUT2D eigenvalue weighted by Gasteiger charge is 2.55. The third kappa shape index (κ3) is 2.87. The van der Waals surface area contributed by atoms with Crippen LogP contribution in [0.1, 0.15) is 56.3 Å². The third-order valence-electron chi connectivity index (χ3n) is 7.89. The van der Waals surface area contributed by atoms with E-state index in [9.17, 15) is 9.90 Å². The number of aromatic nitrogens is 2. The smallest absolute Gasteiger partial charge is 0.408 e. The second-order valence-corrected chi connectivity index (χ2v) is 11.1. The lowest BCUT2D eigenvalue weighted by Gasteiger charge is -2.45. The standard InChI is InChI=1S/C27H28ClN3O3/c1-26(2,3)27(11-4-12-31(27)25(32)33)24-29-21-10-9-20-18(22(21)30-24)7-8-19-17-6-5-16(28)13-15(17)14-34-23(19)20/h5-8,13H,4,9-12,14H2,1-3H3,(H,29,30)(H,32,33)/t27-/m1/s1. The van der Waals surface area contributed by atoms with Gasteiger partial charge in [0.1, 0.15) is 23.7 Å². The lowest BCUT2D eigenvalue weighted by molar-refractivity contribution is 0.0216. The molecule has 2 N–H and O–H groups in total. The molecule has 0 saturated carbocycles. The summed E-state index contributed by atoms with van der Waals surface area (Å²) in [6.45, 7) is 7.35. The average Bonchev–Trinajstić information content (AvgIpc) is 3.43. The van der Waals surface area contributed by atoms with Gasteiger partial charge in [-0.1, -0.05) is 44.5 Å². The molecule has 3 heterocycles. The summed E-state index contributed by atoms with van der Waals surface area (Å²) in [5, 5.41) is 10.7. The van der Waals surface area contributed by atoms with Gasteiger partial charge in [-0.3, -0.25) is 4.90 Å². The quantitative estimate of drug-likeness (QED) is 0.425. The van der Waals surface area contributed by atoms with Crippen molar-refractivity contribution in [2.45, 2.75) is 58.6 Å². The number of imidazole rings is 1. The predicted octanol–water partition coefficient (Wildman–Crippen LogP) is 6.40. The van der Waals surface area contributed by atoms with Crippen LogP contribution in [-0.2, 0) is 25.0 Å². The van der Waals surface area contributed by atoms with Gasteiger partial charge in [-0.2, -0.15) is 0 Å². The number of amides is 1. The number of benzene rings is 2. The Hall–Kier alpha value is -2.99. The van der Waals surface area contributed by atoms with E-state index >= 15 is 0 Å². The summed E-state index contributed by atoms with van der Waals surface area (Å²) in [6, 6.07) is 10.2. The number of nitrogens with one attached hydrogen (secondary N) is 1. The number of ether oxygens (including phenoxy) is 1. The minimum atomic E-state index is -0.886. The molecule has 1 fully saturated rings. The first-order valence-electron chi connectivity index (χ1n) is 11.9. The monoisotopic (exact) mass is 477 g/mol. The van der Waals surface area contributed by atoms with Gasteiger partial charge in [0.15, 0.2) is 0 Å². The van der Waals surface area contributed by atoms with Gasteiger partial charge in [-0.15, -0.1) is 0 Å². The number of halogens is 1. The normalized spacial score (nSPS) is 20.8. The molecule has 0 spiro atoms. The van der Waals surface area contributed by atoms with Crippen LogP contribution in [0.15, 0.2) is 30.3 Å². The summed E-state index contributed by atoms with van der Waals surface area (Å²) < 4.78 is 6.26. The van der Waals surface area contributed by atoms with Crippen LogP contribution >= 0.6 is 11.6 Å². The number of carbonyl (C=O) groups is 1. The summed E-state index contributed by atoms with van der Waals surface area (Å²) in [4.78, 5) is 22.5. The Balaban J connectivity index is 1.49. The molecule has 6 rings (SSSR count). The van der Waals surface area contributed by atoms with E-state index in [4.69, 9.17) is 21.3 Å². The Labute approximate surface area is 203 Å². The second-order valence-electron chi connectivity index (χ2n) is 10.6. The fourth-order valence-electron chi connectivity index (χ4n) is 6.29. The molecule has 1 amide bonds. The first-order valence-corrected chi connectivity index (χ1v) is 12.3. The lowest BCUT2D eigenvalue weighted by atomic mass is 9.71. The number of aromatic amines is 1. The van der Waals surface area contributed by atoms with Crippen molar-refractivity contribution in [3.63, 3.8) is 0 Å². The van der Waals surface area contributed by atoms with Gasteiger partial charge in [0.2, 0.25) is 0 Å². The maximum atomic E-state index is 12.2. The fraction of sp³-hybridized carbons (Fsp3) is 0.407. The number of hydrogen-bond acceptors (Lipinski definition) is 3. The van der Waals surface area contributed by atoms with E-state index in [0.717, 1.165) is 70.9 Å². The first kappa shape index (κ1) is 21.5. The molecule has 34 heavy (non-hydrogen) atoms. The Morgan fingerprint density at radius 1 is 1.18 bits per heavy atom. The number of nitrogens with zero attached hydrogens (tertiary/aromatic N) is 2. The summed E-state index contributed by atoms with van der Waals surface area (Å²) in [5.41, 5.74) is 6.61. The molecule has 176 valence electrons. The lowest BCUT2D eigenvalue weighted by Crippen LogP contribution is -2.53. The number of rotatable bonds is 1. The van der Waals surface area contributed by atoms with Gasteiger partial charge >= 0.3 is 6.09 Å². The topological polar surface area (TPSA) is 78.5 Å². The van der Waals surface area contributed by atoms with Crippen LogP contribution in [0.2, 0.25) is 5.02 Å². The Morgan fingerprint density at radius 3 is 2.71 bits per heavy atom. The van der Waals surface area contributed by atoms with Crippen molar-refractivity contribution in [3.8, 4) is 28.1 Å². The zero-order valence-corrected chi connectivity index (χ0v) is 20.4. The summed E-state index contributed by atoms with van der Waals surface area (Å²) in [7, 11) is 0. The predicted molar refractivity (Wildman–Crippen MR) is 131 cm³/mol. The van der Waals surface area contributed by atoms with Gasteiger partial charge in [0.25, 0.3) is 0 Å². The van der Waals surface area contributed by atoms with E-state index < -0.39 is 11.6 Å². The van der Waals surface area contributed by atoms with Crippen molar-refractivity contribution >= 4 is 17.7 Å².